The number of hydrogen-bond donors (Lipinski definition) is 0. The third-order valence-corrected chi connectivity index (χ3v) is 4.90. The molecular formula is C18H24FNO4. The van der Waals surface area contributed by atoms with E-state index in [0.717, 1.165) is 24.8 Å². The summed E-state index contributed by atoms with van der Waals surface area (Å²) >= 11 is 0. The van der Waals surface area contributed by atoms with Gasteiger partial charge in [0.25, 0.3) is 0 Å². The maximum absolute atomic E-state index is 12.2. The maximum atomic E-state index is 12.2. The quantitative estimate of drug-likeness (QED) is 0.775. The molecule has 0 unspecified atom stereocenters. The molecule has 0 spiro atoms. The average Bonchev–Trinajstić information content (AvgIpc) is 3.24. The van der Waals surface area contributed by atoms with E-state index in [1.54, 1.807) is 4.90 Å². The van der Waals surface area contributed by atoms with Gasteiger partial charge in [-0.2, -0.15) is 0 Å². The van der Waals surface area contributed by atoms with Gasteiger partial charge in [0.05, 0.1) is 12.0 Å². The molecule has 2 aliphatic rings. The lowest BCUT2D eigenvalue weighted by molar-refractivity contribution is -0.151. The summed E-state index contributed by atoms with van der Waals surface area (Å²) in [6.45, 7) is 3.77. The fourth-order valence-electron chi connectivity index (χ4n) is 3.38. The second-order valence-electron chi connectivity index (χ2n) is 6.35. The van der Waals surface area contributed by atoms with E-state index in [1.165, 1.54) is 0 Å². The summed E-state index contributed by atoms with van der Waals surface area (Å²) in [5.74, 6) is 0.107. The molecule has 0 bridgehead atoms. The van der Waals surface area contributed by atoms with Crippen molar-refractivity contribution in [3.8, 4) is 0 Å². The van der Waals surface area contributed by atoms with E-state index in [-0.39, 0.29) is 34.7 Å². The number of carbonyl (C=O) groups is 2. The van der Waals surface area contributed by atoms with Gasteiger partial charge >= 0.3 is 12.1 Å². The van der Waals surface area contributed by atoms with Gasteiger partial charge in [-0.25, -0.2) is 4.79 Å². The lowest BCUT2D eigenvalue weighted by Gasteiger charge is -2.21. The first-order chi connectivity index (χ1) is 11.2. The minimum atomic E-state index is -0.343. The predicted octanol–water partition coefficient (Wildman–Crippen LogP) is 3.14. The zero-order valence-corrected chi connectivity index (χ0v) is 13.9. The van der Waals surface area contributed by atoms with Crippen LogP contribution in [-0.2, 0) is 20.9 Å². The summed E-state index contributed by atoms with van der Waals surface area (Å²) in [7, 11) is 0. The molecule has 0 radical (unpaired) electrons. The monoisotopic (exact) mass is 337 g/mol. The number of carbonyl (C=O) groups excluding carboxylic acids is 2. The van der Waals surface area contributed by atoms with Crippen LogP contribution in [0.4, 0.5) is 9.50 Å². The fourth-order valence-corrected chi connectivity index (χ4v) is 3.38. The van der Waals surface area contributed by atoms with Crippen LogP contribution in [-0.4, -0.2) is 36.7 Å². The average molecular weight is 337 g/mol. The molecule has 0 N–H and O–H groups in total. The Labute approximate surface area is 141 Å². The fraction of sp³-hybridized carbons (Fsp3) is 0.556. The van der Waals surface area contributed by atoms with Gasteiger partial charge in [0, 0.05) is 13.1 Å². The number of hydrogen-bond acceptors (Lipinski definition) is 4. The molecular weight excluding hydrogens is 313 g/mol. The minimum absolute atomic E-state index is 0. The van der Waals surface area contributed by atoms with Crippen LogP contribution in [0.15, 0.2) is 30.3 Å². The van der Waals surface area contributed by atoms with Crippen LogP contribution in [0.5, 0.6) is 0 Å². The van der Waals surface area contributed by atoms with Crippen molar-refractivity contribution in [1.29, 1.82) is 0 Å². The lowest BCUT2D eigenvalue weighted by atomic mass is 9.88. The van der Waals surface area contributed by atoms with Crippen molar-refractivity contribution in [1.82, 2.24) is 4.90 Å². The number of ether oxygens (including phenoxy) is 2. The van der Waals surface area contributed by atoms with Crippen molar-refractivity contribution >= 4 is 12.1 Å². The van der Waals surface area contributed by atoms with Crippen molar-refractivity contribution in [2.45, 2.75) is 32.8 Å². The van der Waals surface area contributed by atoms with Gasteiger partial charge in [-0.1, -0.05) is 30.3 Å². The zero-order valence-electron chi connectivity index (χ0n) is 13.9. The SMILES string of the molecule is CCOC(=O)C1([C@@H]2CCN(C(=O)OCc3ccccc3)C2)CC1.F. The summed E-state index contributed by atoms with van der Waals surface area (Å²) in [4.78, 5) is 26.1. The molecule has 5 nitrogen and oxygen atoms in total. The Bertz CT molecular complexity index is 574. The van der Waals surface area contributed by atoms with Crippen LogP contribution in [0.1, 0.15) is 31.7 Å². The third-order valence-electron chi connectivity index (χ3n) is 4.90. The third kappa shape index (κ3) is 3.68. The Morgan fingerprint density at radius 3 is 2.54 bits per heavy atom. The standard InChI is InChI=1S/C18H23NO4.FH/c1-2-22-16(20)18(9-10-18)15-8-11-19(12-15)17(21)23-13-14-6-4-3-5-7-14;/h3-7,15H,2,8-13H2,1H3;1H/t15-;/m1./s1. The van der Waals surface area contributed by atoms with Gasteiger partial charge in [0.15, 0.2) is 0 Å². The van der Waals surface area contributed by atoms with Crippen molar-refractivity contribution in [3.63, 3.8) is 0 Å². The van der Waals surface area contributed by atoms with Crippen molar-refractivity contribution in [2.24, 2.45) is 11.3 Å². The van der Waals surface area contributed by atoms with Crippen LogP contribution in [0.2, 0.25) is 0 Å². The predicted molar refractivity (Wildman–Crippen MR) is 87.1 cm³/mol. The summed E-state index contributed by atoms with van der Waals surface area (Å²) in [5.41, 5.74) is 0.631. The van der Waals surface area contributed by atoms with E-state index in [1.807, 2.05) is 37.3 Å². The summed E-state index contributed by atoms with van der Waals surface area (Å²) in [6, 6.07) is 9.64. The van der Waals surface area contributed by atoms with Gasteiger partial charge in [-0.05, 0) is 37.7 Å². The second-order valence-corrected chi connectivity index (χ2v) is 6.35. The second kappa shape index (κ2) is 7.64. The van der Waals surface area contributed by atoms with Crippen molar-refractivity contribution < 1.29 is 23.8 Å². The first kappa shape index (κ1) is 18.2. The number of amides is 1. The van der Waals surface area contributed by atoms with Gasteiger partial charge < -0.3 is 14.4 Å². The van der Waals surface area contributed by atoms with Gasteiger partial charge in [-0.15, -0.1) is 0 Å². The normalized spacial score (nSPS) is 20.9. The molecule has 1 aliphatic heterocycles. The molecule has 1 aliphatic carbocycles. The lowest BCUT2D eigenvalue weighted by Crippen LogP contribution is -2.33. The van der Waals surface area contributed by atoms with Gasteiger partial charge in [-0.3, -0.25) is 9.50 Å². The van der Waals surface area contributed by atoms with Crippen molar-refractivity contribution in [3.05, 3.63) is 35.9 Å². The Balaban J connectivity index is 0.00000208. The molecule has 1 saturated carbocycles. The smallest absolute Gasteiger partial charge is 0.410 e. The van der Waals surface area contributed by atoms with E-state index < -0.39 is 0 Å². The van der Waals surface area contributed by atoms with Gasteiger partial charge in [0.1, 0.15) is 6.61 Å². The van der Waals surface area contributed by atoms with Crippen LogP contribution in [0, 0.1) is 11.3 Å². The Morgan fingerprint density at radius 1 is 1.21 bits per heavy atom. The molecule has 1 atom stereocenters. The Hall–Kier alpha value is -2.11. The van der Waals surface area contributed by atoms with Crippen LogP contribution >= 0.6 is 0 Å². The molecule has 24 heavy (non-hydrogen) atoms. The first-order valence-corrected chi connectivity index (χ1v) is 8.28. The molecule has 1 heterocycles. The summed E-state index contributed by atoms with van der Waals surface area (Å²) in [5, 5.41) is 0. The highest BCUT2D eigenvalue weighted by molar-refractivity contribution is 5.80. The van der Waals surface area contributed by atoms with E-state index in [9.17, 15) is 9.59 Å². The minimum Gasteiger partial charge on any atom is -0.466 e. The number of nitrogens with zero attached hydrogens (tertiary/aromatic N) is 1. The van der Waals surface area contributed by atoms with Gasteiger partial charge in [0.2, 0.25) is 0 Å². The van der Waals surface area contributed by atoms with E-state index in [4.69, 9.17) is 9.47 Å². The van der Waals surface area contributed by atoms with E-state index in [0.29, 0.717) is 19.7 Å². The van der Waals surface area contributed by atoms with Crippen LogP contribution in [0.3, 0.4) is 0 Å². The molecule has 3 rings (SSSR count). The first-order valence-electron chi connectivity index (χ1n) is 8.28. The number of esters is 1. The topological polar surface area (TPSA) is 55.8 Å². The number of rotatable bonds is 5. The summed E-state index contributed by atoms with van der Waals surface area (Å²) in [6.07, 6.45) is 2.31. The largest absolute Gasteiger partial charge is 0.466 e. The van der Waals surface area contributed by atoms with Crippen LogP contribution < -0.4 is 0 Å². The summed E-state index contributed by atoms with van der Waals surface area (Å²) < 4.78 is 10.6. The zero-order chi connectivity index (χ0) is 16.3. The highest BCUT2D eigenvalue weighted by Gasteiger charge is 2.58. The van der Waals surface area contributed by atoms with E-state index in [2.05, 4.69) is 0 Å². The molecule has 1 aromatic rings. The Kier molecular flexibility index (Phi) is 5.80. The molecule has 0 aromatic heterocycles. The van der Waals surface area contributed by atoms with Crippen LogP contribution in [0.25, 0.3) is 0 Å². The molecule has 2 fully saturated rings. The molecule has 1 saturated heterocycles. The highest BCUT2D eigenvalue weighted by Crippen LogP contribution is 2.55. The highest BCUT2D eigenvalue weighted by atomic mass is 19.0. The molecule has 132 valence electrons. The van der Waals surface area contributed by atoms with E-state index >= 15 is 0 Å². The maximum Gasteiger partial charge on any atom is 0.410 e. The molecule has 6 heteroatoms. The molecule has 1 amide bonds. The van der Waals surface area contributed by atoms with Crippen molar-refractivity contribution in [2.75, 3.05) is 19.7 Å². The number of halogens is 1. The Morgan fingerprint density at radius 2 is 1.92 bits per heavy atom. The number of benzene rings is 1. The number of likely N-dealkylation sites (tertiary alicyclic amines) is 1. The molecule has 1 aromatic carbocycles.